The monoisotopic (exact) mass is 257 g/mol. The molecule has 5 N–H and O–H groups in total. The Hall–Kier alpha value is -1.57. The van der Waals surface area contributed by atoms with Gasteiger partial charge >= 0.3 is 6.03 Å². The molecule has 0 saturated heterocycles. The number of furan rings is 1. The van der Waals surface area contributed by atoms with E-state index < -0.39 is 12.1 Å². The maximum absolute atomic E-state index is 10.4. The van der Waals surface area contributed by atoms with Crippen molar-refractivity contribution in [2.75, 3.05) is 26.2 Å². The SMILES string of the molecule is NC(=O)NCCNCC(O)COCc1ccco1. The van der Waals surface area contributed by atoms with Crippen molar-refractivity contribution in [1.29, 1.82) is 0 Å². The van der Waals surface area contributed by atoms with Crippen molar-refractivity contribution >= 4 is 6.03 Å². The molecule has 1 atom stereocenters. The summed E-state index contributed by atoms with van der Waals surface area (Å²) in [6.07, 6.45) is 0.969. The molecule has 2 amide bonds. The predicted octanol–water partition coefficient (Wildman–Crippen LogP) is -0.585. The van der Waals surface area contributed by atoms with Crippen molar-refractivity contribution in [2.45, 2.75) is 12.7 Å². The van der Waals surface area contributed by atoms with Gasteiger partial charge in [-0.3, -0.25) is 0 Å². The molecule has 0 saturated carbocycles. The van der Waals surface area contributed by atoms with Gasteiger partial charge in [-0.1, -0.05) is 0 Å². The summed E-state index contributed by atoms with van der Waals surface area (Å²) in [5, 5.41) is 14.9. The molecule has 1 aromatic rings. The maximum atomic E-state index is 10.4. The fraction of sp³-hybridized carbons (Fsp3) is 0.545. The molecule has 1 rings (SSSR count). The zero-order chi connectivity index (χ0) is 13.2. The van der Waals surface area contributed by atoms with Crippen LogP contribution in [0, 0.1) is 0 Å². The number of ether oxygens (including phenoxy) is 1. The Morgan fingerprint density at radius 2 is 2.39 bits per heavy atom. The van der Waals surface area contributed by atoms with Crippen molar-refractivity contribution < 1.29 is 19.1 Å². The van der Waals surface area contributed by atoms with E-state index in [0.29, 0.717) is 26.2 Å². The van der Waals surface area contributed by atoms with E-state index in [1.807, 2.05) is 0 Å². The summed E-state index contributed by atoms with van der Waals surface area (Å²) in [5.74, 6) is 0.723. The van der Waals surface area contributed by atoms with Crippen LogP contribution in [-0.4, -0.2) is 43.5 Å². The molecule has 0 aliphatic heterocycles. The van der Waals surface area contributed by atoms with E-state index in [0.717, 1.165) is 5.76 Å². The number of aliphatic hydroxyl groups excluding tert-OH is 1. The van der Waals surface area contributed by atoms with Gasteiger partial charge in [0.2, 0.25) is 0 Å². The van der Waals surface area contributed by atoms with E-state index in [4.69, 9.17) is 14.9 Å². The average Bonchev–Trinajstić information content (AvgIpc) is 2.81. The van der Waals surface area contributed by atoms with Crippen molar-refractivity contribution in [3.05, 3.63) is 24.2 Å². The minimum absolute atomic E-state index is 0.219. The Balaban J connectivity index is 1.93. The van der Waals surface area contributed by atoms with Crippen LogP contribution in [0.3, 0.4) is 0 Å². The zero-order valence-corrected chi connectivity index (χ0v) is 10.1. The van der Waals surface area contributed by atoms with Crippen molar-refractivity contribution in [1.82, 2.24) is 10.6 Å². The lowest BCUT2D eigenvalue weighted by Gasteiger charge is -2.11. The molecule has 1 aromatic heterocycles. The minimum Gasteiger partial charge on any atom is -0.467 e. The fourth-order valence-electron chi connectivity index (χ4n) is 1.29. The van der Waals surface area contributed by atoms with Gasteiger partial charge in [-0.2, -0.15) is 0 Å². The zero-order valence-electron chi connectivity index (χ0n) is 10.1. The number of hydrogen-bond donors (Lipinski definition) is 4. The minimum atomic E-state index is -0.603. The molecule has 7 heteroatoms. The molecule has 0 bridgehead atoms. The second kappa shape index (κ2) is 8.51. The second-order valence-corrected chi connectivity index (χ2v) is 3.74. The third-order valence-electron chi connectivity index (χ3n) is 2.12. The topological polar surface area (TPSA) is 110 Å². The van der Waals surface area contributed by atoms with Crippen LogP contribution in [0.5, 0.6) is 0 Å². The lowest BCUT2D eigenvalue weighted by atomic mass is 10.3. The third-order valence-corrected chi connectivity index (χ3v) is 2.12. The largest absolute Gasteiger partial charge is 0.467 e. The molecule has 1 unspecified atom stereocenters. The number of nitrogens with one attached hydrogen (secondary N) is 2. The summed E-state index contributed by atoms with van der Waals surface area (Å²) >= 11 is 0. The smallest absolute Gasteiger partial charge is 0.312 e. The van der Waals surface area contributed by atoms with Crippen molar-refractivity contribution in [3.63, 3.8) is 0 Å². The number of amides is 2. The van der Waals surface area contributed by atoms with Gasteiger partial charge in [0.05, 0.1) is 19.0 Å². The normalized spacial score (nSPS) is 12.3. The van der Waals surface area contributed by atoms with Gasteiger partial charge < -0.3 is 30.6 Å². The van der Waals surface area contributed by atoms with E-state index in [2.05, 4.69) is 10.6 Å². The summed E-state index contributed by atoms with van der Waals surface area (Å²) in [4.78, 5) is 10.4. The van der Waals surface area contributed by atoms with Gasteiger partial charge in [0.1, 0.15) is 12.4 Å². The Bertz CT molecular complexity index is 329. The standard InChI is InChI=1S/C11H19N3O4/c12-11(16)14-4-3-13-6-9(15)7-17-8-10-2-1-5-18-10/h1-2,5,9,13,15H,3-4,6-8H2,(H3,12,14,16). The Labute approximate surface area is 105 Å². The van der Waals surface area contributed by atoms with Crippen molar-refractivity contribution in [2.24, 2.45) is 5.73 Å². The fourth-order valence-corrected chi connectivity index (χ4v) is 1.29. The van der Waals surface area contributed by atoms with Crippen LogP contribution in [0.1, 0.15) is 5.76 Å². The number of carbonyl (C=O) groups is 1. The molecule has 0 radical (unpaired) electrons. The third kappa shape index (κ3) is 6.89. The van der Waals surface area contributed by atoms with E-state index in [1.165, 1.54) is 0 Å². The summed E-state index contributed by atoms with van der Waals surface area (Å²) in [5.41, 5.74) is 4.89. The first kappa shape index (κ1) is 14.5. The van der Waals surface area contributed by atoms with Crippen molar-refractivity contribution in [3.8, 4) is 0 Å². The Morgan fingerprint density at radius 3 is 3.06 bits per heavy atom. The lowest BCUT2D eigenvalue weighted by Crippen LogP contribution is -2.38. The number of urea groups is 1. The van der Waals surface area contributed by atoms with Crippen LogP contribution in [0.4, 0.5) is 4.79 Å². The number of carbonyl (C=O) groups excluding carboxylic acids is 1. The van der Waals surface area contributed by atoms with E-state index in [9.17, 15) is 9.90 Å². The van der Waals surface area contributed by atoms with Crippen LogP contribution >= 0.6 is 0 Å². The molecule has 18 heavy (non-hydrogen) atoms. The van der Waals surface area contributed by atoms with Crippen LogP contribution < -0.4 is 16.4 Å². The van der Waals surface area contributed by atoms with Gasteiger partial charge in [-0.05, 0) is 12.1 Å². The van der Waals surface area contributed by atoms with Crippen LogP contribution in [0.15, 0.2) is 22.8 Å². The number of hydrogen-bond acceptors (Lipinski definition) is 5. The van der Waals surface area contributed by atoms with Gasteiger partial charge in [-0.15, -0.1) is 0 Å². The predicted molar refractivity (Wildman–Crippen MR) is 64.8 cm³/mol. The number of nitrogens with two attached hydrogens (primary N) is 1. The summed E-state index contributed by atoms with van der Waals surface area (Å²) in [6.45, 7) is 1.91. The first-order valence-electron chi connectivity index (χ1n) is 5.70. The quantitative estimate of drug-likeness (QED) is 0.442. The van der Waals surface area contributed by atoms with Gasteiger partial charge in [-0.25, -0.2) is 4.79 Å². The summed E-state index contributed by atoms with van der Waals surface area (Å²) < 4.78 is 10.3. The molecule has 1 heterocycles. The molecular formula is C11H19N3O4. The Kier molecular flexibility index (Phi) is 6.85. The molecule has 0 aliphatic carbocycles. The second-order valence-electron chi connectivity index (χ2n) is 3.74. The first-order valence-corrected chi connectivity index (χ1v) is 5.70. The molecule has 0 fully saturated rings. The van der Waals surface area contributed by atoms with Gasteiger partial charge in [0.25, 0.3) is 0 Å². The highest BCUT2D eigenvalue weighted by molar-refractivity contribution is 5.71. The maximum Gasteiger partial charge on any atom is 0.312 e. The number of aliphatic hydroxyl groups is 1. The van der Waals surface area contributed by atoms with Gasteiger partial charge in [0.15, 0.2) is 0 Å². The first-order chi connectivity index (χ1) is 8.68. The molecule has 102 valence electrons. The molecule has 7 nitrogen and oxygen atoms in total. The van der Waals surface area contributed by atoms with Crippen LogP contribution in [0.25, 0.3) is 0 Å². The van der Waals surface area contributed by atoms with E-state index >= 15 is 0 Å². The van der Waals surface area contributed by atoms with Crippen LogP contribution in [0.2, 0.25) is 0 Å². The van der Waals surface area contributed by atoms with Gasteiger partial charge in [0, 0.05) is 19.6 Å². The number of rotatable bonds is 9. The lowest BCUT2D eigenvalue weighted by molar-refractivity contribution is 0.0228. The Morgan fingerprint density at radius 1 is 1.56 bits per heavy atom. The highest BCUT2D eigenvalue weighted by Crippen LogP contribution is 2.01. The van der Waals surface area contributed by atoms with E-state index in [-0.39, 0.29) is 6.61 Å². The highest BCUT2D eigenvalue weighted by atomic mass is 16.5. The molecular weight excluding hydrogens is 238 g/mol. The summed E-state index contributed by atoms with van der Waals surface area (Å²) in [6, 6.07) is 3.03. The average molecular weight is 257 g/mol. The summed E-state index contributed by atoms with van der Waals surface area (Å²) in [7, 11) is 0. The highest BCUT2D eigenvalue weighted by Gasteiger charge is 2.04. The van der Waals surface area contributed by atoms with E-state index in [1.54, 1.807) is 18.4 Å². The van der Waals surface area contributed by atoms with Crippen LogP contribution in [-0.2, 0) is 11.3 Å². The molecule has 0 aliphatic rings. The molecule has 0 spiro atoms. The molecule has 0 aromatic carbocycles. The number of primary amides is 1.